The first kappa shape index (κ1) is 30.2. The van der Waals surface area contributed by atoms with E-state index in [1.54, 1.807) is 0 Å². The predicted molar refractivity (Wildman–Crippen MR) is 210 cm³/mol. The molecule has 234 valence electrons. The van der Waals surface area contributed by atoms with Crippen LogP contribution in [0.4, 0.5) is 17.1 Å². The number of hydrogen-bond donors (Lipinski definition) is 0. The Morgan fingerprint density at radius 2 is 1.20 bits per heavy atom. The lowest BCUT2D eigenvalue weighted by Crippen LogP contribution is -2.22. The second kappa shape index (κ2) is 12.4. The predicted octanol–water partition coefficient (Wildman–Crippen LogP) is 13.1. The molecule has 1 aliphatic carbocycles. The van der Waals surface area contributed by atoms with Gasteiger partial charge in [0.2, 0.25) is 0 Å². The van der Waals surface area contributed by atoms with E-state index in [4.69, 9.17) is 0 Å². The van der Waals surface area contributed by atoms with Gasteiger partial charge in [-0.2, -0.15) is 0 Å². The van der Waals surface area contributed by atoms with Gasteiger partial charge in [-0.05, 0) is 98.6 Å². The molecule has 0 bridgehead atoms. The van der Waals surface area contributed by atoms with Gasteiger partial charge in [0.25, 0.3) is 0 Å². The van der Waals surface area contributed by atoms with E-state index in [1.807, 2.05) is 18.2 Å². The second-order valence-electron chi connectivity index (χ2n) is 12.8. The summed E-state index contributed by atoms with van der Waals surface area (Å²) in [6, 6.07) is 59.6. The Bertz CT molecular complexity index is 2360. The maximum absolute atomic E-state index is 4.02. The monoisotopic (exact) mass is 627 g/mol. The van der Waals surface area contributed by atoms with E-state index in [2.05, 4.69) is 189 Å². The molecule has 0 fully saturated rings. The third-order valence-electron chi connectivity index (χ3n) is 10.1. The summed E-state index contributed by atoms with van der Waals surface area (Å²) in [4.78, 5) is 2.43. The molecular formula is C48H37N. The van der Waals surface area contributed by atoms with Gasteiger partial charge < -0.3 is 4.90 Å². The minimum absolute atomic E-state index is 0.284. The number of allylic oxidation sites excluding steroid dienone is 4. The van der Waals surface area contributed by atoms with Crippen molar-refractivity contribution in [2.75, 3.05) is 4.90 Å². The smallest absolute Gasteiger partial charge is 0.0543 e. The molecule has 0 heterocycles. The fraction of sp³-hybridized carbons (Fsp3) is 0.0417. The first-order valence-corrected chi connectivity index (χ1v) is 16.8. The quantitative estimate of drug-likeness (QED) is 0.152. The SMILES string of the molecule is C=CC=C(C=C)c1ccc2cc(N(c3ccc(-c4ccccc4)cc3)c3cccc4c3-c3ccccc3C4(C)c3ccccc3)ccc2c1. The minimum Gasteiger partial charge on any atom is -0.310 e. The van der Waals surface area contributed by atoms with Crippen molar-refractivity contribution in [1.29, 1.82) is 0 Å². The fourth-order valence-electron chi connectivity index (χ4n) is 7.61. The van der Waals surface area contributed by atoms with E-state index in [1.165, 1.54) is 49.7 Å². The van der Waals surface area contributed by atoms with Gasteiger partial charge in [0.1, 0.15) is 0 Å². The lowest BCUT2D eigenvalue weighted by atomic mass is 9.74. The Balaban J connectivity index is 1.34. The Kier molecular flexibility index (Phi) is 7.66. The van der Waals surface area contributed by atoms with Crippen molar-refractivity contribution in [3.8, 4) is 22.3 Å². The highest BCUT2D eigenvalue weighted by molar-refractivity contribution is 5.98. The van der Waals surface area contributed by atoms with Crippen LogP contribution < -0.4 is 4.90 Å². The molecule has 7 aromatic rings. The molecular weight excluding hydrogens is 591 g/mol. The summed E-state index contributed by atoms with van der Waals surface area (Å²) >= 11 is 0. The summed E-state index contributed by atoms with van der Waals surface area (Å²) in [7, 11) is 0. The van der Waals surface area contributed by atoms with Crippen molar-refractivity contribution in [1.82, 2.24) is 0 Å². The van der Waals surface area contributed by atoms with Crippen LogP contribution in [0.25, 0.3) is 38.6 Å². The first-order chi connectivity index (χ1) is 24.1. The van der Waals surface area contributed by atoms with E-state index >= 15 is 0 Å². The number of benzene rings is 7. The normalized spacial score (nSPS) is 15.0. The molecule has 1 heteroatoms. The van der Waals surface area contributed by atoms with Crippen LogP contribution >= 0.6 is 0 Å². The van der Waals surface area contributed by atoms with Gasteiger partial charge in [-0.25, -0.2) is 0 Å². The van der Waals surface area contributed by atoms with Crippen LogP contribution in [-0.2, 0) is 5.41 Å². The molecule has 0 saturated carbocycles. The molecule has 1 aliphatic rings. The fourth-order valence-corrected chi connectivity index (χ4v) is 7.61. The van der Waals surface area contributed by atoms with Crippen molar-refractivity contribution in [2.45, 2.75) is 12.3 Å². The topological polar surface area (TPSA) is 3.24 Å². The van der Waals surface area contributed by atoms with Crippen LogP contribution in [0.2, 0.25) is 0 Å². The lowest BCUT2D eigenvalue weighted by molar-refractivity contribution is 0.714. The standard InChI is InChI=1S/C48H37N/c1-4-15-34(5-2)37-24-25-39-33-42(31-28-38(39)32-37)49(41-29-26-36(27-30-41)35-16-8-6-9-17-35)46-23-14-22-45-47(46)43-20-12-13-21-44(43)48(45,3)40-18-10-7-11-19-40/h4-33H,1-2H2,3H3. The molecule has 0 aliphatic heterocycles. The number of fused-ring (bicyclic) bond motifs is 4. The molecule has 7 aromatic carbocycles. The van der Waals surface area contributed by atoms with E-state index in [-0.39, 0.29) is 5.41 Å². The Morgan fingerprint density at radius 1 is 0.571 bits per heavy atom. The van der Waals surface area contributed by atoms with Crippen LogP contribution in [-0.4, -0.2) is 0 Å². The van der Waals surface area contributed by atoms with Gasteiger partial charge in [0.05, 0.1) is 5.69 Å². The van der Waals surface area contributed by atoms with Crippen LogP contribution in [0.15, 0.2) is 195 Å². The Labute approximate surface area is 289 Å². The number of rotatable bonds is 8. The zero-order chi connectivity index (χ0) is 33.4. The summed E-state index contributed by atoms with van der Waals surface area (Å²) in [5.74, 6) is 0. The molecule has 1 unspecified atom stereocenters. The first-order valence-electron chi connectivity index (χ1n) is 16.8. The highest BCUT2D eigenvalue weighted by atomic mass is 15.1. The summed E-state index contributed by atoms with van der Waals surface area (Å²) in [6.45, 7) is 10.3. The Hall–Kier alpha value is -6.18. The molecule has 0 amide bonds. The van der Waals surface area contributed by atoms with Crippen LogP contribution in [0.3, 0.4) is 0 Å². The lowest BCUT2D eigenvalue weighted by Gasteiger charge is -2.30. The van der Waals surface area contributed by atoms with Crippen molar-refractivity contribution in [3.05, 3.63) is 217 Å². The summed E-state index contributed by atoms with van der Waals surface area (Å²) in [5.41, 5.74) is 14.2. The highest BCUT2D eigenvalue weighted by Crippen LogP contribution is 2.56. The molecule has 49 heavy (non-hydrogen) atoms. The minimum atomic E-state index is -0.284. The van der Waals surface area contributed by atoms with E-state index in [9.17, 15) is 0 Å². The highest BCUT2D eigenvalue weighted by Gasteiger charge is 2.42. The Morgan fingerprint density at radius 3 is 1.96 bits per heavy atom. The summed E-state index contributed by atoms with van der Waals surface area (Å²) in [6.07, 6.45) is 5.69. The average Bonchev–Trinajstić information content (AvgIpc) is 3.44. The molecule has 0 radical (unpaired) electrons. The molecule has 8 rings (SSSR count). The third-order valence-corrected chi connectivity index (χ3v) is 10.1. The van der Waals surface area contributed by atoms with Crippen LogP contribution in [0.1, 0.15) is 29.2 Å². The van der Waals surface area contributed by atoms with Crippen LogP contribution in [0.5, 0.6) is 0 Å². The van der Waals surface area contributed by atoms with Crippen molar-refractivity contribution in [2.24, 2.45) is 0 Å². The van der Waals surface area contributed by atoms with Crippen molar-refractivity contribution < 1.29 is 0 Å². The van der Waals surface area contributed by atoms with E-state index in [0.717, 1.165) is 28.2 Å². The molecule has 0 saturated heterocycles. The second-order valence-corrected chi connectivity index (χ2v) is 12.8. The van der Waals surface area contributed by atoms with Gasteiger partial charge in [-0.3, -0.25) is 0 Å². The molecule has 0 spiro atoms. The van der Waals surface area contributed by atoms with Crippen molar-refractivity contribution >= 4 is 33.4 Å². The molecule has 1 nitrogen and oxygen atoms in total. The van der Waals surface area contributed by atoms with Crippen molar-refractivity contribution in [3.63, 3.8) is 0 Å². The van der Waals surface area contributed by atoms with E-state index in [0.29, 0.717) is 0 Å². The summed E-state index contributed by atoms with van der Waals surface area (Å²) < 4.78 is 0. The van der Waals surface area contributed by atoms with E-state index < -0.39 is 0 Å². The van der Waals surface area contributed by atoms with Gasteiger partial charge in [0.15, 0.2) is 0 Å². The summed E-state index contributed by atoms with van der Waals surface area (Å²) in [5, 5.41) is 2.36. The maximum atomic E-state index is 4.02. The van der Waals surface area contributed by atoms with Gasteiger partial charge in [-0.1, -0.05) is 159 Å². The van der Waals surface area contributed by atoms with Gasteiger partial charge >= 0.3 is 0 Å². The molecule has 1 atom stereocenters. The average molecular weight is 628 g/mol. The maximum Gasteiger partial charge on any atom is 0.0543 e. The number of hydrogen-bond acceptors (Lipinski definition) is 1. The number of anilines is 3. The largest absolute Gasteiger partial charge is 0.310 e. The van der Waals surface area contributed by atoms with Crippen LogP contribution in [0, 0.1) is 0 Å². The number of nitrogens with zero attached hydrogens (tertiary/aromatic N) is 1. The molecule has 0 N–H and O–H groups in total. The van der Waals surface area contributed by atoms with Gasteiger partial charge in [0, 0.05) is 22.4 Å². The molecule has 0 aromatic heterocycles. The van der Waals surface area contributed by atoms with Gasteiger partial charge in [-0.15, -0.1) is 0 Å². The third kappa shape index (κ3) is 5.12. The zero-order valence-electron chi connectivity index (χ0n) is 27.7. The zero-order valence-corrected chi connectivity index (χ0v) is 27.7.